The molecule has 1 rings (SSSR count). The molecule has 2 N–H and O–H groups in total. The van der Waals surface area contributed by atoms with E-state index in [1.165, 1.54) is 0 Å². The highest BCUT2D eigenvalue weighted by Gasteiger charge is 2.15. The third-order valence-electron chi connectivity index (χ3n) is 2.81. The molecule has 0 atom stereocenters. The minimum absolute atomic E-state index is 0.252. The van der Waals surface area contributed by atoms with Crippen molar-refractivity contribution in [2.24, 2.45) is 0 Å². The van der Waals surface area contributed by atoms with Crippen LogP contribution in [-0.2, 0) is 4.74 Å². The van der Waals surface area contributed by atoms with Gasteiger partial charge in [0.25, 0.3) is 0 Å². The summed E-state index contributed by atoms with van der Waals surface area (Å²) in [6.07, 6.45) is -1.07. The van der Waals surface area contributed by atoms with Gasteiger partial charge in [-0.1, -0.05) is 32.0 Å². The van der Waals surface area contributed by atoms with Gasteiger partial charge in [0, 0.05) is 13.1 Å². The minimum Gasteiger partial charge on any atom is -0.444 e. The van der Waals surface area contributed by atoms with Gasteiger partial charge in [-0.3, -0.25) is 0 Å². The summed E-state index contributed by atoms with van der Waals surface area (Å²) in [5.41, 5.74) is 0.423. The summed E-state index contributed by atoms with van der Waals surface area (Å²) in [7, 11) is 0. The Bertz CT molecular complexity index is 536. The van der Waals surface area contributed by atoms with E-state index in [0.29, 0.717) is 5.75 Å². The second-order valence-corrected chi connectivity index (χ2v) is 6.44. The fraction of sp³-hybridized carbons (Fsp3) is 0.529. The molecule has 0 radical (unpaired) electrons. The maximum Gasteiger partial charge on any atom is 0.412 e. The molecule has 0 saturated carbocycles. The van der Waals surface area contributed by atoms with Crippen molar-refractivity contribution in [3.63, 3.8) is 0 Å². The van der Waals surface area contributed by atoms with Crippen LogP contribution in [0.5, 0.6) is 5.75 Å². The molecule has 0 unspecified atom stereocenters. The molecule has 0 aliphatic heterocycles. The molecule has 6 heteroatoms. The number of rotatable bonds is 5. The number of ether oxygens (including phenoxy) is 2. The van der Waals surface area contributed by atoms with Crippen LogP contribution >= 0.6 is 0 Å². The van der Waals surface area contributed by atoms with Crippen molar-refractivity contribution in [1.29, 1.82) is 0 Å². The smallest absolute Gasteiger partial charge is 0.412 e. The van der Waals surface area contributed by atoms with Gasteiger partial charge < -0.3 is 20.1 Å². The maximum absolute atomic E-state index is 11.8. The highest BCUT2D eigenvalue weighted by Crippen LogP contribution is 2.25. The molecule has 0 spiro atoms. The lowest BCUT2D eigenvalue weighted by molar-refractivity contribution is 0.0528. The van der Waals surface area contributed by atoms with Gasteiger partial charge in [0.05, 0.1) is 0 Å². The topological polar surface area (TPSA) is 76.7 Å². The largest absolute Gasteiger partial charge is 0.444 e. The SMILES string of the molecule is CC(C)c1ccccc1OC(=O)NCCNC(=O)OC(C)(C)C. The standard InChI is InChI=1S/C17H26N2O4/c1-12(2)13-8-6-7-9-14(13)22-15(20)18-10-11-19-16(21)23-17(3,4)5/h6-9,12H,10-11H2,1-5H3,(H,18,20)(H,19,21). The second kappa shape index (κ2) is 8.41. The zero-order valence-corrected chi connectivity index (χ0v) is 14.4. The van der Waals surface area contributed by atoms with Gasteiger partial charge in [0.15, 0.2) is 0 Å². The molecule has 0 fully saturated rings. The predicted octanol–water partition coefficient (Wildman–Crippen LogP) is 3.42. The van der Waals surface area contributed by atoms with Crippen LogP contribution in [-0.4, -0.2) is 30.9 Å². The fourth-order valence-corrected chi connectivity index (χ4v) is 1.83. The van der Waals surface area contributed by atoms with Gasteiger partial charge in [0.2, 0.25) is 0 Å². The third-order valence-corrected chi connectivity index (χ3v) is 2.81. The molecule has 0 heterocycles. The highest BCUT2D eigenvalue weighted by molar-refractivity contribution is 5.71. The van der Waals surface area contributed by atoms with Crippen molar-refractivity contribution in [2.45, 2.75) is 46.1 Å². The molecule has 0 aromatic heterocycles. The molecule has 1 aromatic rings. The average Bonchev–Trinajstić information content (AvgIpc) is 2.42. The molecule has 6 nitrogen and oxygen atoms in total. The van der Waals surface area contributed by atoms with Crippen LogP contribution in [0.25, 0.3) is 0 Å². The molecule has 23 heavy (non-hydrogen) atoms. The van der Waals surface area contributed by atoms with E-state index in [4.69, 9.17) is 9.47 Å². The van der Waals surface area contributed by atoms with E-state index in [-0.39, 0.29) is 19.0 Å². The van der Waals surface area contributed by atoms with E-state index in [1.54, 1.807) is 26.8 Å². The van der Waals surface area contributed by atoms with E-state index in [9.17, 15) is 9.59 Å². The van der Waals surface area contributed by atoms with Gasteiger partial charge in [-0.05, 0) is 38.3 Å². The Kier molecular flexibility index (Phi) is 6.88. The second-order valence-electron chi connectivity index (χ2n) is 6.44. The Labute approximate surface area is 137 Å². The van der Waals surface area contributed by atoms with Gasteiger partial charge in [-0.15, -0.1) is 0 Å². The first-order chi connectivity index (χ1) is 10.7. The van der Waals surface area contributed by atoms with Crippen molar-refractivity contribution in [3.05, 3.63) is 29.8 Å². The van der Waals surface area contributed by atoms with E-state index in [2.05, 4.69) is 10.6 Å². The Morgan fingerprint density at radius 2 is 1.61 bits per heavy atom. The lowest BCUT2D eigenvalue weighted by Gasteiger charge is -2.19. The lowest BCUT2D eigenvalue weighted by Crippen LogP contribution is -2.38. The minimum atomic E-state index is -0.552. The number of hydrogen-bond donors (Lipinski definition) is 2. The number of nitrogens with one attached hydrogen (secondary N) is 2. The van der Waals surface area contributed by atoms with E-state index in [1.807, 2.05) is 32.0 Å². The summed E-state index contributed by atoms with van der Waals surface area (Å²) in [5.74, 6) is 0.799. The number of benzene rings is 1. The van der Waals surface area contributed by atoms with Gasteiger partial charge in [-0.2, -0.15) is 0 Å². The summed E-state index contributed by atoms with van der Waals surface area (Å²) in [5, 5.41) is 5.14. The van der Waals surface area contributed by atoms with Crippen LogP contribution in [0, 0.1) is 0 Å². The van der Waals surface area contributed by atoms with E-state index >= 15 is 0 Å². The molecule has 2 amide bonds. The molecule has 0 aliphatic carbocycles. The maximum atomic E-state index is 11.8. The zero-order valence-electron chi connectivity index (χ0n) is 14.4. The normalized spacial score (nSPS) is 11.0. The number of para-hydroxylation sites is 1. The predicted molar refractivity (Wildman–Crippen MR) is 88.8 cm³/mol. The number of amides is 2. The van der Waals surface area contributed by atoms with Gasteiger partial charge in [0.1, 0.15) is 11.4 Å². The number of carbonyl (C=O) groups is 2. The molecular weight excluding hydrogens is 296 g/mol. The zero-order chi connectivity index (χ0) is 17.5. The monoisotopic (exact) mass is 322 g/mol. The van der Waals surface area contributed by atoms with Gasteiger partial charge >= 0.3 is 12.2 Å². The molecule has 1 aromatic carbocycles. The van der Waals surface area contributed by atoms with Crippen LogP contribution in [0.1, 0.15) is 46.1 Å². The van der Waals surface area contributed by atoms with E-state index in [0.717, 1.165) is 5.56 Å². The molecular formula is C17H26N2O4. The van der Waals surface area contributed by atoms with Crippen LogP contribution in [0.2, 0.25) is 0 Å². The first-order valence-corrected chi connectivity index (χ1v) is 7.70. The molecule has 0 saturated heterocycles. The van der Waals surface area contributed by atoms with Gasteiger partial charge in [-0.25, -0.2) is 9.59 Å². The van der Waals surface area contributed by atoms with Crippen molar-refractivity contribution in [1.82, 2.24) is 10.6 Å². The van der Waals surface area contributed by atoms with Crippen LogP contribution in [0.15, 0.2) is 24.3 Å². The van der Waals surface area contributed by atoms with Crippen molar-refractivity contribution in [3.8, 4) is 5.75 Å². The summed E-state index contributed by atoms with van der Waals surface area (Å²) < 4.78 is 10.4. The number of carbonyl (C=O) groups excluding carboxylic acids is 2. The summed E-state index contributed by atoms with van der Waals surface area (Å²) in [6, 6.07) is 7.41. The first kappa shape index (κ1) is 18.8. The van der Waals surface area contributed by atoms with Crippen molar-refractivity contribution in [2.75, 3.05) is 13.1 Å². The Morgan fingerprint density at radius 3 is 2.17 bits per heavy atom. The van der Waals surface area contributed by atoms with Crippen LogP contribution in [0.4, 0.5) is 9.59 Å². The summed E-state index contributed by atoms with van der Waals surface area (Å²) in [6.45, 7) is 9.94. The quantitative estimate of drug-likeness (QED) is 0.814. The Morgan fingerprint density at radius 1 is 1.04 bits per heavy atom. The average molecular weight is 322 g/mol. The highest BCUT2D eigenvalue weighted by atomic mass is 16.6. The lowest BCUT2D eigenvalue weighted by atomic mass is 10.0. The van der Waals surface area contributed by atoms with Crippen LogP contribution < -0.4 is 15.4 Å². The van der Waals surface area contributed by atoms with Crippen LogP contribution in [0.3, 0.4) is 0 Å². The number of hydrogen-bond acceptors (Lipinski definition) is 4. The number of alkyl carbamates (subject to hydrolysis) is 1. The molecule has 0 bridgehead atoms. The Balaban J connectivity index is 2.34. The fourth-order valence-electron chi connectivity index (χ4n) is 1.83. The molecule has 0 aliphatic rings. The Hall–Kier alpha value is -2.24. The summed E-state index contributed by atoms with van der Waals surface area (Å²) in [4.78, 5) is 23.2. The first-order valence-electron chi connectivity index (χ1n) is 7.70. The van der Waals surface area contributed by atoms with E-state index < -0.39 is 17.8 Å². The van der Waals surface area contributed by atoms with Crippen molar-refractivity contribution >= 4 is 12.2 Å². The third kappa shape index (κ3) is 7.54. The molecule has 128 valence electrons. The van der Waals surface area contributed by atoms with Crippen molar-refractivity contribution < 1.29 is 19.1 Å². The summed E-state index contributed by atoms with van der Waals surface area (Å²) >= 11 is 0.